The predicted molar refractivity (Wildman–Crippen MR) is 113 cm³/mol. The summed E-state index contributed by atoms with van der Waals surface area (Å²) in [6.45, 7) is 4.09. The quantitative estimate of drug-likeness (QED) is 0.434. The fraction of sp³-hybridized carbons (Fsp3) is 0.435. The molecule has 2 unspecified atom stereocenters. The monoisotopic (exact) mass is 384 g/mol. The molecule has 5 heteroatoms. The molecule has 0 aliphatic rings. The zero-order chi connectivity index (χ0) is 20.4. The van der Waals surface area contributed by atoms with Crippen molar-refractivity contribution in [2.24, 2.45) is 0 Å². The third-order valence-corrected chi connectivity index (χ3v) is 4.63. The van der Waals surface area contributed by atoms with E-state index in [-0.39, 0.29) is 11.8 Å². The number of benzene rings is 2. The van der Waals surface area contributed by atoms with Crippen LogP contribution < -0.4 is 10.1 Å². The van der Waals surface area contributed by atoms with Gasteiger partial charge in [-0.25, -0.2) is 0 Å². The van der Waals surface area contributed by atoms with E-state index in [1.54, 1.807) is 0 Å². The van der Waals surface area contributed by atoms with Gasteiger partial charge < -0.3 is 20.1 Å². The van der Waals surface area contributed by atoms with Gasteiger partial charge in [0.15, 0.2) is 5.78 Å². The number of ether oxygens (including phenoxy) is 1. The summed E-state index contributed by atoms with van der Waals surface area (Å²) in [5.41, 5.74) is 1.55. The minimum atomic E-state index is -0.597. The third kappa shape index (κ3) is 7.43. The lowest BCUT2D eigenvalue weighted by atomic mass is 10.0. The number of hydrogen-bond acceptors (Lipinski definition) is 5. The molecule has 5 nitrogen and oxygen atoms in total. The van der Waals surface area contributed by atoms with Gasteiger partial charge >= 0.3 is 0 Å². The number of Topliss-reactive ketones (excluding diaryl/α,β-unsaturated/α-hetero) is 1. The first-order chi connectivity index (χ1) is 13.5. The van der Waals surface area contributed by atoms with Gasteiger partial charge in [-0.1, -0.05) is 30.3 Å². The van der Waals surface area contributed by atoms with Crippen LogP contribution in [0.2, 0.25) is 0 Å². The lowest BCUT2D eigenvalue weighted by Gasteiger charge is -2.20. The molecule has 0 radical (unpaired) electrons. The third-order valence-electron chi connectivity index (χ3n) is 4.63. The SMILES string of the molecule is CC(NCCC(=O)c1ccc(OCCCN(C)C)cc1)C(O)c1ccccc1. The molecule has 2 N–H and O–H groups in total. The molecule has 0 bridgehead atoms. The topological polar surface area (TPSA) is 61.8 Å². The number of rotatable bonds is 12. The van der Waals surface area contributed by atoms with E-state index in [2.05, 4.69) is 10.2 Å². The molecule has 0 fully saturated rings. The number of ketones is 1. The standard InChI is InChI=1S/C23H32N2O3/c1-18(23(27)20-8-5-4-6-9-20)24-15-14-22(26)19-10-12-21(13-11-19)28-17-7-16-25(2)3/h4-6,8-13,18,23-24,27H,7,14-17H2,1-3H3. The average molecular weight is 385 g/mol. The first-order valence-electron chi connectivity index (χ1n) is 9.84. The average Bonchev–Trinajstić information content (AvgIpc) is 2.71. The van der Waals surface area contributed by atoms with E-state index in [0.29, 0.717) is 25.1 Å². The molecule has 2 atom stereocenters. The van der Waals surface area contributed by atoms with Crippen LogP contribution in [-0.4, -0.2) is 55.6 Å². The Balaban J connectivity index is 1.72. The van der Waals surface area contributed by atoms with E-state index in [4.69, 9.17) is 4.74 Å². The Labute approximate surface area is 168 Å². The summed E-state index contributed by atoms with van der Waals surface area (Å²) in [6.07, 6.45) is 0.751. The second-order valence-corrected chi connectivity index (χ2v) is 7.30. The van der Waals surface area contributed by atoms with Crippen LogP contribution >= 0.6 is 0 Å². The highest BCUT2D eigenvalue weighted by molar-refractivity contribution is 5.96. The molecule has 2 aromatic carbocycles. The van der Waals surface area contributed by atoms with Crippen LogP contribution in [0.1, 0.15) is 41.8 Å². The molecule has 0 aromatic heterocycles. The molecule has 0 heterocycles. The zero-order valence-electron chi connectivity index (χ0n) is 17.1. The van der Waals surface area contributed by atoms with Crippen LogP contribution in [-0.2, 0) is 0 Å². The summed E-state index contributed by atoms with van der Waals surface area (Å²) in [5, 5.41) is 13.6. The zero-order valence-corrected chi connectivity index (χ0v) is 17.1. The van der Waals surface area contributed by atoms with Crippen molar-refractivity contribution in [2.75, 3.05) is 33.8 Å². The number of aliphatic hydroxyl groups is 1. The maximum absolute atomic E-state index is 12.4. The van der Waals surface area contributed by atoms with Gasteiger partial charge in [0.2, 0.25) is 0 Å². The fourth-order valence-corrected chi connectivity index (χ4v) is 2.92. The van der Waals surface area contributed by atoms with Gasteiger partial charge in [0.1, 0.15) is 5.75 Å². The first-order valence-corrected chi connectivity index (χ1v) is 9.84. The van der Waals surface area contributed by atoms with Crippen molar-refractivity contribution in [1.82, 2.24) is 10.2 Å². The Bertz CT molecular complexity index is 702. The number of carbonyl (C=O) groups is 1. The number of nitrogens with one attached hydrogen (secondary N) is 1. The van der Waals surface area contributed by atoms with Crippen LogP contribution in [0, 0.1) is 0 Å². The molecule has 0 amide bonds. The van der Waals surface area contributed by atoms with Crippen molar-refractivity contribution in [3.05, 3.63) is 65.7 Å². The Morgan fingerprint density at radius 1 is 1.11 bits per heavy atom. The Hall–Kier alpha value is -2.21. The minimum absolute atomic E-state index is 0.0769. The molecule has 0 saturated heterocycles. The van der Waals surface area contributed by atoms with Crippen molar-refractivity contribution >= 4 is 5.78 Å². The Morgan fingerprint density at radius 3 is 2.43 bits per heavy atom. The largest absolute Gasteiger partial charge is 0.494 e. The highest BCUT2D eigenvalue weighted by atomic mass is 16.5. The van der Waals surface area contributed by atoms with E-state index >= 15 is 0 Å². The summed E-state index contributed by atoms with van der Waals surface area (Å²) in [7, 11) is 4.08. The number of hydrogen-bond donors (Lipinski definition) is 2. The summed E-state index contributed by atoms with van der Waals surface area (Å²) < 4.78 is 5.69. The molecule has 0 aliphatic carbocycles. The van der Waals surface area contributed by atoms with Gasteiger partial charge in [-0.3, -0.25) is 4.79 Å². The molecular formula is C23H32N2O3. The molecule has 2 rings (SSSR count). The van der Waals surface area contributed by atoms with Crippen LogP contribution in [0.3, 0.4) is 0 Å². The van der Waals surface area contributed by atoms with Crippen LogP contribution in [0.4, 0.5) is 0 Å². The maximum Gasteiger partial charge on any atom is 0.164 e. The van der Waals surface area contributed by atoms with Crippen LogP contribution in [0.5, 0.6) is 5.75 Å². The molecular weight excluding hydrogens is 352 g/mol. The van der Waals surface area contributed by atoms with Gasteiger partial charge in [0.05, 0.1) is 12.7 Å². The van der Waals surface area contributed by atoms with Gasteiger partial charge in [-0.2, -0.15) is 0 Å². The molecule has 0 saturated carbocycles. The minimum Gasteiger partial charge on any atom is -0.494 e. The molecule has 0 aliphatic heterocycles. The van der Waals surface area contributed by atoms with Gasteiger partial charge in [0, 0.05) is 31.1 Å². The van der Waals surface area contributed by atoms with Gasteiger partial charge in [-0.05, 0) is 57.3 Å². The van der Waals surface area contributed by atoms with E-state index in [1.807, 2.05) is 75.6 Å². The maximum atomic E-state index is 12.4. The lowest BCUT2D eigenvalue weighted by Crippen LogP contribution is -2.33. The van der Waals surface area contributed by atoms with Crippen molar-refractivity contribution in [3.63, 3.8) is 0 Å². The molecule has 0 spiro atoms. The van der Waals surface area contributed by atoms with Crippen LogP contribution in [0.25, 0.3) is 0 Å². The second-order valence-electron chi connectivity index (χ2n) is 7.30. The summed E-state index contributed by atoms with van der Waals surface area (Å²) in [6, 6.07) is 16.7. The molecule has 28 heavy (non-hydrogen) atoms. The van der Waals surface area contributed by atoms with Crippen LogP contribution in [0.15, 0.2) is 54.6 Å². The van der Waals surface area contributed by atoms with Crippen molar-refractivity contribution in [1.29, 1.82) is 0 Å². The van der Waals surface area contributed by atoms with E-state index < -0.39 is 6.10 Å². The number of nitrogens with zero attached hydrogens (tertiary/aromatic N) is 1. The lowest BCUT2D eigenvalue weighted by molar-refractivity contribution is 0.0972. The summed E-state index contributed by atoms with van der Waals surface area (Å²) in [4.78, 5) is 14.5. The van der Waals surface area contributed by atoms with E-state index in [9.17, 15) is 9.90 Å². The van der Waals surface area contributed by atoms with Crippen molar-refractivity contribution in [3.8, 4) is 5.75 Å². The normalized spacial score (nSPS) is 13.3. The van der Waals surface area contributed by atoms with Gasteiger partial charge in [-0.15, -0.1) is 0 Å². The molecule has 152 valence electrons. The Morgan fingerprint density at radius 2 is 1.79 bits per heavy atom. The van der Waals surface area contributed by atoms with Crippen molar-refractivity contribution in [2.45, 2.75) is 31.9 Å². The van der Waals surface area contributed by atoms with Gasteiger partial charge in [0.25, 0.3) is 0 Å². The van der Waals surface area contributed by atoms with Crippen molar-refractivity contribution < 1.29 is 14.6 Å². The first kappa shape index (κ1) is 22.1. The Kier molecular flexibility index (Phi) is 9.14. The van der Waals surface area contributed by atoms with E-state index in [0.717, 1.165) is 24.3 Å². The van der Waals surface area contributed by atoms with E-state index in [1.165, 1.54) is 0 Å². The fourth-order valence-electron chi connectivity index (χ4n) is 2.92. The smallest absolute Gasteiger partial charge is 0.164 e. The number of carbonyl (C=O) groups excluding carboxylic acids is 1. The molecule has 2 aromatic rings. The summed E-state index contributed by atoms with van der Waals surface area (Å²) in [5.74, 6) is 0.862. The number of aliphatic hydroxyl groups excluding tert-OH is 1. The second kappa shape index (κ2) is 11.6. The predicted octanol–water partition coefficient (Wildman–Crippen LogP) is 3.30. The summed E-state index contributed by atoms with van der Waals surface area (Å²) >= 11 is 0. The highest BCUT2D eigenvalue weighted by Crippen LogP contribution is 2.16. The highest BCUT2D eigenvalue weighted by Gasteiger charge is 2.16.